The monoisotopic (exact) mass is 489 g/mol. The Morgan fingerprint density at radius 1 is 1.09 bits per heavy atom. The van der Waals surface area contributed by atoms with Gasteiger partial charge in [-0.2, -0.15) is 5.10 Å². The van der Waals surface area contributed by atoms with Gasteiger partial charge in [-0.15, -0.1) is 0 Å². The van der Waals surface area contributed by atoms with E-state index in [1.807, 2.05) is 31.2 Å². The molecule has 1 fully saturated rings. The van der Waals surface area contributed by atoms with Crippen molar-refractivity contribution >= 4 is 46.4 Å². The Bertz CT molecular complexity index is 1000. The van der Waals surface area contributed by atoms with E-state index in [0.717, 1.165) is 36.9 Å². The van der Waals surface area contributed by atoms with Gasteiger partial charge in [0, 0.05) is 23.0 Å². The van der Waals surface area contributed by atoms with Gasteiger partial charge in [0.05, 0.1) is 17.3 Å². The van der Waals surface area contributed by atoms with Gasteiger partial charge in [-0.05, 0) is 62.1 Å². The van der Waals surface area contributed by atoms with E-state index in [1.165, 1.54) is 6.42 Å². The van der Waals surface area contributed by atoms with Crippen LogP contribution in [0.3, 0.4) is 0 Å². The number of hydrogen-bond acceptors (Lipinski definition) is 4. The Morgan fingerprint density at radius 3 is 2.64 bits per heavy atom. The second-order valence-corrected chi connectivity index (χ2v) is 9.01. The minimum Gasteiger partial charge on any atom is -0.492 e. The van der Waals surface area contributed by atoms with E-state index < -0.39 is 0 Å². The number of amides is 2. The van der Waals surface area contributed by atoms with E-state index in [9.17, 15) is 9.59 Å². The zero-order valence-corrected chi connectivity index (χ0v) is 20.2. The first kappa shape index (κ1) is 25.1. The van der Waals surface area contributed by atoms with Gasteiger partial charge in [-0.3, -0.25) is 9.59 Å². The number of carbonyl (C=O) groups excluding carboxylic acids is 2. The summed E-state index contributed by atoms with van der Waals surface area (Å²) in [7, 11) is 0. The number of nitrogens with zero attached hydrogens (tertiary/aromatic N) is 1. The molecule has 0 heterocycles. The first-order chi connectivity index (χ1) is 15.9. The van der Waals surface area contributed by atoms with E-state index in [0.29, 0.717) is 34.5 Å². The Kier molecular flexibility index (Phi) is 9.58. The van der Waals surface area contributed by atoms with Crippen LogP contribution in [0.5, 0.6) is 5.75 Å². The second-order valence-electron chi connectivity index (χ2n) is 8.16. The number of hydrazone groups is 1. The highest BCUT2D eigenvalue weighted by Crippen LogP contribution is 2.27. The molecule has 0 radical (unpaired) electrons. The number of nitrogens with one attached hydrogen (secondary N) is 2. The van der Waals surface area contributed by atoms with Crippen LogP contribution in [0.15, 0.2) is 47.6 Å². The average molecular weight is 490 g/mol. The van der Waals surface area contributed by atoms with Crippen molar-refractivity contribution in [2.75, 3.05) is 11.9 Å². The summed E-state index contributed by atoms with van der Waals surface area (Å²) in [5.41, 5.74) is 4.80. The molecule has 176 valence electrons. The normalized spacial score (nSPS) is 14.6. The molecule has 0 aromatic heterocycles. The Labute approximate surface area is 204 Å². The summed E-state index contributed by atoms with van der Waals surface area (Å²) in [5.74, 6) is 0.501. The molecular formula is C25H29Cl2N3O3. The molecular weight excluding hydrogens is 461 g/mol. The molecule has 2 amide bonds. The fourth-order valence-corrected chi connectivity index (χ4v) is 4.17. The topological polar surface area (TPSA) is 79.8 Å². The maximum atomic E-state index is 12.5. The summed E-state index contributed by atoms with van der Waals surface area (Å²) in [6, 6.07) is 12.5. The van der Waals surface area contributed by atoms with Gasteiger partial charge < -0.3 is 10.1 Å². The quantitative estimate of drug-likeness (QED) is 0.249. The van der Waals surface area contributed by atoms with E-state index >= 15 is 0 Å². The van der Waals surface area contributed by atoms with Gasteiger partial charge in [-0.25, -0.2) is 5.43 Å². The lowest BCUT2D eigenvalue weighted by atomic mass is 9.88. The smallest absolute Gasteiger partial charge is 0.240 e. The lowest BCUT2D eigenvalue weighted by Gasteiger charge is -2.20. The van der Waals surface area contributed by atoms with Crippen LogP contribution in [0.2, 0.25) is 10.0 Å². The Balaban J connectivity index is 1.44. The highest BCUT2D eigenvalue weighted by molar-refractivity contribution is 6.35. The number of rotatable bonds is 9. The third-order valence-corrected chi connectivity index (χ3v) is 6.10. The molecule has 1 saturated carbocycles. The molecule has 33 heavy (non-hydrogen) atoms. The first-order valence-corrected chi connectivity index (χ1v) is 12.0. The van der Waals surface area contributed by atoms with Crippen LogP contribution in [0.4, 0.5) is 5.69 Å². The maximum Gasteiger partial charge on any atom is 0.240 e. The van der Waals surface area contributed by atoms with E-state index in [1.54, 1.807) is 18.2 Å². The van der Waals surface area contributed by atoms with Gasteiger partial charge in [0.15, 0.2) is 0 Å². The van der Waals surface area contributed by atoms with Gasteiger partial charge >= 0.3 is 0 Å². The van der Waals surface area contributed by atoms with Crippen LogP contribution in [0.25, 0.3) is 0 Å². The van der Waals surface area contributed by atoms with Crippen molar-refractivity contribution in [3.05, 3.63) is 58.1 Å². The molecule has 8 heteroatoms. The van der Waals surface area contributed by atoms with Crippen molar-refractivity contribution < 1.29 is 14.3 Å². The number of halogens is 2. The van der Waals surface area contributed by atoms with Crippen LogP contribution in [0.1, 0.15) is 57.4 Å². The number of carbonyl (C=O) groups is 2. The lowest BCUT2D eigenvalue weighted by Crippen LogP contribution is -2.24. The Morgan fingerprint density at radius 2 is 1.88 bits per heavy atom. The zero-order valence-electron chi connectivity index (χ0n) is 18.7. The fourth-order valence-electron chi connectivity index (χ4n) is 3.70. The van der Waals surface area contributed by atoms with Crippen molar-refractivity contribution in [2.24, 2.45) is 11.0 Å². The van der Waals surface area contributed by atoms with E-state index in [-0.39, 0.29) is 24.2 Å². The number of anilines is 1. The standard InChI is InChI=1S/C25H29Cl2N3O3/c1-17(19-9-5-10-21(15-19)28-25(32)18-7-3-2-4-8-18)29-30-24(31)11-6-14-33-23-13-12-20(26)16-22(23)27/h5,9-10,12-13,15-16,18H,2-4,6-8,11,14H2,1H3,(H,28,32)(H,30,31). The Hall–Kier alpha value is -2.57. The predicted molar refractivity (Wildman–Crippen MR) is 133 cm³/mol. The largest absolute Gasteiger partial charge is 0.492 e. The summed E-state index contributed by atoms with van der Waals surface area (Å²) >= 11 is 11.9. The summed E-state index contributed by atoms with van der Waals surface area (Å²) in [6.07, 6.45) is 6.13. The molecule has 6 nitrogen and oxygen atoms in total. The summed E-state index contributed by atoms with van der Waals surface area (Å²) in [4.78, 5) is 24.6. The number of ether oxygens (including phenoxy) is 1. The van der Waals surface area contributed by atoms with Crippen LogP contribution in [-0.2, 0) is 9.59 Å². The van der Waals surface area contributed by atoms with Crippen LogP contribution >= 0.6 is 23.2 Å². The van der Waals surface area contributed by atoms with Gasteiger partial charge in [0.1, 0.15) is 5.75 Å². The number of benzene rings is 2. The molecule has 1 aliphatic rings. The predicted octanol–water partition coefficient (Wildman–Crippen LogP) is 6.21. The van der Waals surface area contributed by atoms with E-state index in [4.69, 9.17) is 27.9 Å². The second kappa shape index (κ2) is 12.6. The molecule has 0 atom stereocenters. The maximum absolute atomic E-state index is 12.5. The summed E-state index contributed by atoms with van der Waals surface area (Å²) < 4.78 is 5.58. The lowest BCUT2D eigenvalue weighted by molar-refractivity contribution is -0.121. The minimum atomic E-state index is -0.207. The zero-order chi connectivity index (χ0) is 23.6. The molecule has 3 rings (SSSR count). The highest BCUT2D eigenvalue weighted by atomic mass is 35.5. The van der Waals surface area contributed by atoms with Crippen LogP contribution in [0, 0.1) is 5.92 Å². The molecule has 0 aliphatic heterocycles. The number of hydrogen-bond donors (Lipinski definition) is 2. The van der Waals surface area contributed by atoms with Crippen molar-refractivity contribution in [1.82, 2.24) is 5.43 Å². The SMILES string of the molecule is CC(=NNC(=O)CCCOc1ccc(Cl)cc1Cl)c1cccc(NC(=O)C2CCCCC2)c1. The summed E-state index contributed by atoms with van der Waals surface area (Å²) in [5, 5.41) is 8.18. The molecule has 1 aliphatic carbocycles. The van der Waals surface area contributed by atoms with Gasteiger partial charge in [0.25, 0.3) is 0 Å². The molecule has 0 spiro atoms. The molecule has 0 bridgehead atoms. The molecule has 2 aromatic carbocycles. The van der Waals surface area contributed by atoms with E-state index in [2.05, 4.69) is 15.8 Å². The third-order valence-electron chi connectivity index (χ3n) is 5.57. The van der Waals surface area contributed by atoms with Gasteiger partial charge in [0.2, 0.25) is 11.8 Å². The van der Waals surface area contributed by atoms with Crippen molar-refractivity contribution in [3.63, 3.8) is 0 Å². The summed E-state index contributed by atoms with van der Waals surface area (Å²) in [6.45, 7) is 2.16. The van der Waals surface area contributed by atoms with Crippen molar-refractivity contribution in [3.8, 4) is 5.75 Å². The van der Waals surface area contributed by atoms with Crippen LogP contribution < -0.4 is 15.5 Å². The molecule has 0 saturated heterocycles. The molecule has 2 N–H and O–H groups in total. The van der Waals surface area contributed by atoms with Crippen LogP contribution in [-0.4, -0.2) is 24.1 Å². The first-order valence-electron chi connectivity index (χ1n) is 11.2. The fraction of sp³-hybridized carbons (Fsp3) is 0.400. The highest BCUT2D eigenvalue weighted by Gasteiger charge is 2.21. The van der Waals surface area contributed by atoms with Crippen molar-refractivity contribution in [2.45, 2.75) is 51.9 Å². The minimum absolute atomic E-state index is 0.0804. The third kappa shape index (κ3) is 8.06. The molecule has 2 aromatic rings. The van der Waals surface area contributed by atoms with Gasteiger partial charge in [-0.1, -0.05) is 54.6 Å². The average Bonchev–Trinajstić information content (AvgIpc) is 2.82. The van der Waals surface area contributed by atoms with Crippen molar-refractivity contribution in [1.29, 1.82) is 0 Å². The molecule has 0 unspecified atom stereocenters.